The van der Waals surface area contributed by atoms with E-state index in [1.807, 2.05) is 28.0 Å². The van der Waals surface area contributed by atoms with Gasteiger partial charge in [0.05, 0.1) is 6.61 Å². The van der Waals surface area contributed by atoms with Crippen LogP contribution in [-0.4, -0.2) is 66.2 Å². The fourth-order valence-electron chi connectivity index (χ4n) is 5.65. The van der Waals surface area contributed by atoms with E-state index < -0.39 is 17.9 Å². The number of hydrogen-bond acceptors (Lipinski definition) is 6. The summed E-state index contributed by atoms with van der Waals surface area (Å²) in [5, 5.41) is 2.55. The second-order valence-electron chi connectivity index (χ2n) is 11.1. The van der Waals surface area contributed by atoms with E-state index in [9.17, 15) is 24.0 Å². The van der Waals surface area contributed by atoms with E-state index in [1.54, 1.807) is 24.3 Å². The third-order valence-electron chi connectivity index (χ3n) is 8.02. The molecule has 2 aliphatic rings. The Morgan fingerprint density at radius 2 is 1.63 bits per heavy atom. The summed E-state index contributed by atoms with van der Waals surface area (Å²) >= 11 is 0. The first-order chi connectivity index (χ1) is 20.7. The molecule has 0 aromatic heterocycles. The smallest absolute Gasteiger partial charge is 0.253 e. The van der Waals surface area contributed by atoms with Crippen molar-refractivity contribution in [1.29, 1.82) is 0 Å². The standard InChI is InChI=1S/C32H41N5O6/c33-28(38)15-14-26(31(34)41)35-29(39)8-2-1-5-21-43-25-12-9-23(10-13-25)32(42)36-19-17-24(18-20-36)37-27-7-4-3-6-22(27)11-16-30(37)40/h3-4,6-7,9-10,12-13,24,26H,1-2,5,8,11,14-21H2,(H2,33,38)(H2,34,41)(H,35,39)/t26-/m0/s1. The van der Waals surface area contributed by atoms with Crippen molar-refractivity contribution in [3.8, 4) is 5.75 Å². The normalized spacial score (nSPS) is 15.9. The number of unbranched alkanes of at least 4 members (excludes halogenated alkanes) is 2. The zero-order valence-corrected chi connectivity index (χ0v) is 24.5. The number of ether oxygens (including phenoxy) is 1. The first-order valence-corrected chi connectivity index (χ1v) is 15.0. The first-order valence-electron chi connectivity index (χ1n) is 15.0. The van der Waals surface area contributed by atoms with Crippen LogP contribution in [0.4, 0.5) is 5.69 Å². The highest BCUT2D eigenvalue weighted by Gasteiger charge is 2.33. The van der Waals surface area contributed by atoms with Crippen LogP contribution >= 0.6 is 0 Å². The Morgan fingerprint density at radius 3 is 2.33 bits per heavy atom. The minimum atomic E-state index is -0.909. The maximum atomic E-state index is 13.1. The van der Waals surface area contributed by atoms with Gasteiger partial charge < -0.3 is 31.3 Å². The fraction of sp³-hybridized carbons (Fsp3) is 0.469. The molecule has 1 fully saturated rings. The van der Waals surface area contributed by atoms with Crippen molar-refractivity contribution in [3.05, 3.63) is 59.7 Å². The predicted octanol–water partition coefficient (Wildman–Crippen LogP) is 2.45. The second-order valence-corrected chi connectivity index (χ2v) is 11.1. The van der Waals surface area contributed by atoms with Crippen molar-refractivity contribution in [3.63, 3.8) is 0 Å². The molecule has 0 saturated carbocycles. The summed E-state index contributed by atoms with van der Waals surface area (Å²) in [5.41, 5.74) is 13.2. The minimum absolute atomic E-state index is 0.0261. The summed E-state index contributed by atoms with van der Waals surface area (Å²) in [4.78, 5) is 64.2. The number of nitrogens with two attached hydrogens (primary N) is 2. The van der Waals surface area contributed by atoms with Crippen LogP contribution in [0.5, 0.6) is 5.75 Å². The van der Waals surface area contributed by atoms with Gasteiger partial charge >= 0.3 is 0 Å². The number of rotatable bonds is 14. The molecule has 2 aliphatic heterocycles. The highest BCUT2D eigenvalue weighted by atomic mass is 16.5. The summed E-state index contributed by atoms with van der Waals surface area (Å²) < 4.78 is 5.80. The van der Waals surface area contributed by atoms with Crippen LogP contribution in [-0.2, 0) is 25.6 Å². The number of benzene rings is 2. The maximum Gasteiger partial charge on any atom is 0.253 e. The number of likely N-dealkylation sites (tertiary alicyclic amines) is 1. The van der Waals surface area contributed by atoms with Crippen LogP contribution in [0.1, 0.15) is 73.7 Å². The lowest BCUT2D eigenvalue weighted by Gasteiger charge is -2.41. The number of nitrogens with zero attached hydrogens (tertiary/aromatic N) is 2. The molecule has 2 aromatic rings. The summed E-state index contributed by atoms with van der Waals surface area (Å²) in [7, 11) is 0. The summed E-state index contributed by atoms with van der Waals surface area (Å²) in [6.45, 7) is 1.66. The quantitative estimate of drug-likeness (QED) is 0.286. The maximum absolute atomic E-state index is 13.1. The van der Waals surface area contributed by atoms with Crippen molar-refractivity contribution >= 4 is 35.2 Å². The van der Waals surface area contributed by atoms with Gasteiger partial charge in [-0.1, -0.05) is 18.2 Å². The molecule has 230 valence electrons. The highest BCUT2D eigenvalue weighted by molar-refractivity contribution is 5.97. The Bertz CT molecular complexity index is 1310. The van der Waals surface area contributed by atoms with Crippen LogP contribution in [0.25, 0.3) is 0 Å². The predicted molar refractivity (Wildman–Crippen MR) is 161 cm³/mol. The van der Waals surface area contributed by atoms with Gasteiger partial charge in [0, 0.05) is 49.6 Å². The molecule has 0 bridgehead atoms. The fourth-order valence-corrected chi connectivity index (χ4v) is 5.65. The topological polar surface area (TPSA) is 165 Å². The van der Waals surface area contributed by atoms with Crippen LogP contribution in [0.2, 0.25) is 0 Å². The Morgan fingerprint density at radius 1 is 0.907 bits per heavy atom. The molecule has 11 nitrogen and oxygen atoms in total. The number of nitrogens with one attached hydrogen (secondary N) is 1. The Kier molecular flexibility index (Phi) is 11.1. The number of aryl methyl sites for hydroxylation is 1. The Labute approximate surface area is 251 Å². The lowest BCUT2D eigenvalue weighted by Crippen LogP contribution is -2.50. The molecule has 2 heterocycles. The molecule has 11 heteroatoms. The molecule has 5 N–H and O–H groups in total. The van der Waals surface area contributed by atoms with Gasteiger partial charge in [-0.3, -0.25) is 24.0 Å². The largest absolute Gasteiger partial charge is 0.494 e. The Hall–Kier alpha value is -4.41. The molecule has 0 aliphatic carbocycles. The second kappa shape index (κ2) is 15.2. The third kappa shape index (κ3) is 8.79. The number of carbonyl (C=O) groups is 5. The Balaban J connectivity index is 1.14. The number of hydrogen-bond donors (Lipinski definition) is 3. The summed E-state index contributed by atoms with van der Waals surface area (Å²) in [5.74, 6) is -0.759. The van der Waals surface area contributed by atoms with E-state index in [0.717, 1.165) is 37.8 Å². The van der Waals surface area contributed by atoms with Crippen LogP contribution in [0.15, 0.2) is 48.5 Å². The van der Waals surface area contributed by atoms with E-state index in [-0.39, 0.29) is 43.0 Å². The van der Waals surface area contributed by atoms with E-state index >= 15 is 0 Å². The number of piperidine rings is 1. The SMILES string of the molecule is NC(=O)CC[C@H](NC(=O)CCCCCOc1ccc(C(=O)N2CCC(N3C(=O)CCc4ccccc43)CC2)cc1)C(N)=O. The number of carbonyl (C=O) groups excluding carboxylic acids is 5. The van der Waals surface area contributed by atoms with Crippen molar-refractivity contribution in [2.24, 2.45) is 11.5 Å². The van der Waals surface area contributed by atoms with Crippen molar-refractivity contribution in [2.75, 3.05) is 24.6 Å². The molecule has 43 heavy (non-hydrogen) atoms. The first kappa shape index (κ1) is 31.5. The molecule has 2 aromatic carbocycles. The summed E-state index contributed by atoms with van der Waals surface area (Å²) in [6.07, 6.45) is 5.18. The van der Waals surface area contributed by atoms with Crippen molar-refractivity contribution in [2.45, 2.75) is 76.3 Å². The number of anilines is 1. The zero-order chi connectivity index (χ0) is 30.8. The average molecular weight is 592 g/mol. The monoisotopic (exact) mass is 591 g/mol. The lowest BCUT2D eigenvalue weighted by molar-refractivity contribution is -0.128. The van der Waals surface area contributed by atoms with E-state index in [2.05, 4.69) is 11.4 Å². The molecule has 0 radical (unpaired) electrons. The third-order valence-corrected chi connectivity index (χ3v) is 8.02. The lowest BCUT2D eigenvalue weighted by atomic mass is 9.95. The van der Waals surface area contributed by atoms with Gasteiger partial charge in [0.25, 0.3) is 5.91 Å². The number of fused-ring (bicyclic) bond motifs is 1. The van der Waals surface area contributed by atoms with Gasteiger partial charge in [-0.05, 0) is 80.8 Å². The van der Waals surface area contributed by atoms with Gasteiger partial charge in [-0.2, -0.15) is 0 Å². The zero-order valence-electron chi connectivity index (χ0n) is 24.5. The van der Waals surface area contributed by atoms with Crippen LogP contribution in [0, 0.1) is 0 Å². The van der Waals surface area contributed by atoms with E-state index in [0.29, 0.717) is 43.9 Å². The molecule has 1 saturated heterocycles. The molecule has 0 unspecified atom stereocenters. The minimum Gasteiger partial charge on any atom is -0.494 e. The number of amides is 5. The number of para-hydroxylation sites is 1. The van der Waals surface area contributed by atoms with Gasteiger partial charge in [0.15, 0.2) is 0 Å². The number of primary amides is 2. The van der Waals surface area contributed by atoms with Gasteiger partial charge in [0.2, 0.25) is 23.6 Å². The molecule has 0 spiro atoms. The van der Waals surface area contributed by atoms with Crippen LogP contribution < -0.4 is 26.4 Å². The summed E-state index contributed by atoms with van der Waals surface area (Å²) in [6, 6.07) is 14.4. The van der Waals surface area contributed by atoms with E-state index in [1.165, 1.54) is 5.56 Å². The van der Waals surface area contributed by atoms with Gasteiger partial charge in [-0.15, -0.1) is 0 Å². The van der Waals surface area contributed by atoms with E-state index in [4.69, 9.17) is 16.2 Å². The van der Waals surface area contributed by atoms with Crippen molar-refractivity contribution in [1.82, 2.24) is 10.2 Å². The molecular formula is C32H41N5O6. The van der Waals surface area contributed by atoms with Gasteiger partial charge in [0.1, 0.15) is 11.8 Å². The average Bonchev–Trinajstić information content (AvgIpc) is 3.00. The van der Waals surface area contributed by atoms with Crippen molar-refractivity contribution < 1.29 is 28.7 Å². The molecular weight excluding hydrogens is 550 g/mol. The highest BCUT2D eigenvalue weighted by Crippen LogP contribution is 2.32. The van der Waals surface area contributed by atoms with Crippen LogP contribution in [0.3, 0.4) is 0 Å². The molecule has 1 atom stereocenters. The molecule has 4 rings (SSSR count). The van der Waals surface area contributed by atoms with Gasteiger partial charge in [-0.25, -0.2) is 0 Å². The molecule has 5 amide bonds.